The zero-order valence-corrected chi connectivity index (χ0v) is 6.07. The van der Waals surface area contributed by atoms with Crippen molar-refractivity contribution in [2.24, 2.45) is 0 Å². The highest BCUT2D eigenvalue weighted by Crippen LogP contribution is 2.02. The molecule has 4 nitrogen and oxygen atoms in total. The molecule has 0 amide bonds. The predicted molar refractivity (Wildman–Crippen MR) is 41.6 cm³/mol. The minimum Gasteiger partial charge on any atom is -0.361 e. The van der Waals surface area contributed by atoms with Crippen LogP contribution in [0.3, 0.4) is 0 Å². The second-order valence-corrected chi connectivity index (χ2v) is 2.23. The first-order valence-corrected chi connectivity index (χ1v) is 3.15. The predicted octanol–water partition coefficient (Wildman–Crippen LogP) is 1.57. The number of hydrogen-bond donors (Lipinski definition) is 1. The van der Waals surface area contributed by atoms with E-state index in [1.807, 2.05) is 13.0 Å². The van der Waals surface area contributed by atoms with Crippen molar-refractivity contribution in [1.82, 2.24) is 4.98 Å². The Morgan fingerprint density at radius 2 is 2.45 bits per heavy atom. The van der Waals surface area contributed by atoms with Gasteiger partial charge in [-0.25, -0.2) is 0 Å². The second kappa shape index (κ2) is 3.01. The van der Waals surface area contributed by atoms with Gasteiger partial charge in [0, 0.05) is 18.0 Å². The summed E-state index contributed by atoms with van der Waals surface area (Å²) in [6.07, 6.45) is 4.12. The van der Waals surface area contributed by atoms with Gasteiger partial charge in [0.2, 0.25) is 6.20 Å². The van der Waals surface area contributed by atoms with Crippen LogP contribution in [-0.4, -0.2) is 9.91 Å². The Morgan fingerprint density at radius 1 is 1.73 bits per heavy atom. The maximum Gasteiger partial charge on any atom is 0.236 e. The molecule has 0 fully saturated rings. The number of nitrogens with zero attached hydrogens (tertiary/aromatic N) is 1. The van der Waals surface area contributed by atoms with Gasteiger partial charge in [-0.05, 0) is 18.6 Å². The van der Waals surface area contributed by atoms with Crippen molar-refractivity contribution in [2.75, 3.05) is 0 Å². The number of aromatic amines is 1. The molecule has 0 bridgehead atoms. The first kappa shape index (κ1) is 7.53. The average Bonchev–Trinajstić information content (AvgIpc) is 2.31. The smallest absolute Gasteiger partial charge is 0.236 e. The van der Waals surface area contributed by atoms with Crippen LogP contribution in [0.25, 0.3) is 6.08 Å². The molecule has 0 spiro atoms. The molecule has 11 heavy (non-hydrogen) atoms. The summed E-state index contributed by atoms with van der Waals surface area (Å²) in [6.45, 7) is 1.92. The summed E-state index contributed by atoms with van der Waals surface area (Å²) in [5, 5.41) is 9.88. The molecule has 0 aliphatic heterocycles. The second-order valence-electron chi connectivity index (χ2n) is 2.23. The molecule has 1 heterocycles. The SMILES string of the molecule is Cc1c[nH]c(/C=C/[N+](=O)[O-])c1. The summed E-state index contributed by atoms with van der Waals surface area (Å²) in [5.41, 5.74) is 1.81. The number of nitro groups is 1. The highest BCUT2D eigenvalue weighted by Gasteiger charge is 1.91. The van der Waals surface area contributed by atoms with Gasteiger partial charge < -0.3 is 4.98 Å². The van der Waals surface area contributed by atoms with Crippen LogP contribution in [0.5, 0.6) is 0 Å². The molecule has 58 valence electrons. The van der Waals surface area contributed by atoms with E-state index < -0.39 is 4.92 Å². The van der Waals surface area contributed by atoms with Crippen molar-refractivity contribution in [3.05, 3.63) is 39.8 Å². The highest BCUT2D eigenvalue weighted by molar-refractivity contribution is 5.44. The zero-order chi connectivity index (χ0) is 8.27. The molecule has 0 saturated heterocycles. The molecular weight excluding hydrogens is 144 g/mol. The van der Waals surface area contributed by atoms with Crippen LogP contribution in [0.15, 0.2) is 18.5 Å². The van der Waals surface area contributed by atoms with Crippen LogP contribution in [0.4, 0.5) is 0 Å². The van der Waals surface area contributed by atoms with Crippen molar-refractivity contribution < 1.29 is 4.92 Å². The van der Waals surface area contributed by atoms with Gasteiger partial charge in [-0.2, -0.15) is 0 Å². The lowest BCUT2D eigenvalue weighted by Crippen LogP contribution is -1.81. The molecular formula is C7H8N2O2. The maximum atomic E-state index is 9.88. The van der Waals surface area contributed by atoms with Crippen LogP contribution in [0, 0.1) is 17.0 Å². The summed E-state index contributed by atoms with van der Waals surface area (Å²) >= 11 is 0. The number of rotatable bonds is 2. The number of aromatic nitrogens is 1. The van der Waals surface area contributed by atoms with Crippen molar-refractivity contribution in [3.8, 4) is 0 Å². The molecule has 1 aromatic rings. The summed E-state index contributed by atoms with van der Waals surface area (Å²) in [7, 11) is 0. The Bertz CT molecular complexity index is 288. The van der Waals surface area contributed by atoms with Crippen LogP contribution in [0.2, 0.25) is 0 Å². The lowest BCUT2D eigenvalue weighted by molar-refractivity contribution is -0.401. The van der Waals surface area contributed by atoms with Gasteiger partial charge in [0.25, 0.3) is 0 Å². The van der Waals surface area contributed by atoms with E-state index in [4.69, 9.17) is 0 Å². The van der Waals surface area contributed by atoms with Crippen LogP contribution >= 0.6 is 0 Å². The Kier molecular flexibility index (Phi) is 2.06. The summed E-state index contributed by atoms with van der Waals surface area (Å²) in [5.74, 6) is 0. The van der Waals surface area contributed by atoms with E-state index in [9.17, 15) is 10.1 Å². The molecule has 0 atom stereocenters. The Morgan fingerprint density at radius 3 is 2.91 bits per heavy atom. The minimum absolute atomic E-state index is 0.490. The van der Waals surface area contributed by atoms with Crippen molar-refractivity contribution >= 4 is 6.08 Å². The van der Waals surface area contributed by atoms with E-state index in [-0.39, 0.29) is 0 Å². The van der Waals surface area contributed by atoms with Gasteiger partial charge in [-0.1, -0.05) is 0 Å². The first-order valence-electron chi connectivity index (χ1n) is 3.15. The average molecular weight is 152 g/mol. The van der Waals surface area contributed by atoms with Gasteiger partial charge in [-0.15, -0.1) is 0 Å². The fraction of sp³-hybridized carbons (Fsp3) is 0.143. The van der Waals surface area contributed by atoms with E-state index in [0.717, 1.165) is 17.5 Å². The number of hydrogen-bond acceptors (Lipinski definition) is 2. The maximum absolute atomic E-state index is 9.88. The Balaban J connectivity index is 2.71. The standard InChI is InChI=1S/C7H8N2O2/c1-6-4-7(8-5-6)2-3-9(10)11/h2-5,8H,1H3/b3-2+. The van der Waals surface area contributed by atoms with Gasteiger partial charge in [-0.3, -0.25) is 10.1 Å². The van der Waals surface area contributed by atoms with Crippen LogP contribution in [-0.2, 0) is 0 Å². The molecule has 0 aromatic carbocycles. The number of aryl methyl sites for hydroxylation is 1. The van der Waals surface area contributed by atoms with Crippen molar-refractivity contribution in [2.45, 2.75) is 6.92 Å². The van der Waals surface area contributed by atoms with Crippen LogP contribution < -0.4 is 0 Å². The first-order chi connectivity index (χ1) is 5.18. The molecule has 1 aromatic heterocycles. The molecule has 0 aliphatic carbocycles. The molecule has 1 N–H and O–H groups in total. The van der Waals surface area contributed by atoms with Crippen molar-refractivity contribution in [3.63, 3.8) is 0 Å². The summed E-state index contributed by atoms with van der Waals surface area (Å²) < 4.78 is 0. The molecule has 4 heteroatoms. The fourth-order valence-corrected chi connectivity index (χ4v) is 0.763. The monoisotopic (exact) mass is 152 g/mol. The van der Waals surface area contributed by atoms with Gasteiger partial charge in [0.05, 0.1) is 4.92 Å². The Labute approximate surface area is 63.7 Å². The van der Waals surface area contributed by atoms with Gasteiger partial charge in [0.15, 0.2) is 0 Å². The van der Waals surface area contributed by atoms with Crippen molar-refractivity contribution in [1.29, 1.82) is 0 Å². The lowest BCUT2D eigenvalue weighted by Gasteiger charge is -1.79. The lowest BCUT2D eigenvalue weighted by atomic mass is 10.3. The van der Waals surface area contributed by atoms with Crippen LogP contribution in [0.1, 0.15) is 11.3 Å². The third-order valence-corrected chi connectivity index (χ3v) is 1.23. The van der Waals surface area contributed by atoms with E-state index in [0.29, 0.717) is 0 Å². The molecule has 1 rings (SSSR count). The van der Waals surface area contributed by atoms with E-state index in [2.05, 4.69) is 4.98 Å². The van der Waals surface area contributed by atoms with E-state index >= 15 is 0 Å². The van der Waals surface area contributed by atoms with E-state index in [1.54, 1.807) is 6.20 Å². The zero-order valence-electron chi connectivity index (χ0n) is 6.07. The fourth-order valence-electron chi connectivity index (χ4n) is 0.763. The Hall–Kier alpha value is -1.58. The number of nitrogens with one attached hydrogen (secondary N) is 1. The minimum atomic E-state index is -0.490. The van der Waals surface area contributed by atoms with Gasteiger partial charge in [0.1, 0.15) is 0 Å². The molecule has 0 saturated carbocycles. The molecule has 0 aliphatic rings. The summed E-state index contributed by atoms with van der Waals surface area (Å²) in [4.78, 5) is 12.3. The third-order valence-electron chi connectivity index (χ3n) is 1.23. The number of H-pyrrole nitrogens is 1. The molecule has 0 radical (unpaired) electrons. The summed E-state index contributed by atoms with van der Waals surface area (Å²) in [6, 6.07) is 1.83. The van der Waals surface area contributed by atoms with Gasteiger partial charge >= 0.3 is 0 Å². The molecule has 0 unspecified atom stereocenters. The topological polar surface area (TPSA) is 58.9 Å². The quantitative estimate of drug-likeness (QED) is 0.516. The highest BCUT2D eigenvalue weighted by atomic mass is 16.6. The third kappa shape index (κ3) is 2.25. The van der Waals surface area contributed by atoms with E-state index in [1.165, 1.54) is 6.08 Å². The normalized spacial score (nSPS) is 10.6. The largest absolute Gasteiger partial charge is 0.361 e.